The molecule has 5 nitrogen and oxygen atoms in total. The second kappa shape index (κ2) is 5.81. The van der Waals surface area contributed by atoms with Gasteiger partial charge in [0.2, 0.25) is 0 Å². The fourth-order valence-corrected chi connectivity index (χ4v) is 2.67. The van der Waals surface area contributed by atoms with Crippen LogP contribution in [0.3, 0.4) is 0 Å². The van der Waals surface area contributed by atoms with Crippen molar-refractivity contribution >= 4 is 11.6 Å². The lowest BCUT2D eigenvalue weighted by Gasteiger charge is -2.25. The van der Waals surface area contributed by atoms with Crippen LogP contribution in [0.2, 0.25) is 0 Å². The second-order valence-corrected chi connectivity index (χ2v) is 5.46. The number of nitrogens with zero attached hydrogens (tertiary/aromatic N) is 1. The molecular weight excluding hydrogens is 254 g/mol. The number of amides is 1. The zero-order valence-corrected chi connectivity index (χ0v) is 11.8. The van der Waals surface area contributed by atoms with Crippen LogP contribution < -0.4 is 15.4 Å². The highest BCUT2D eigenvalue weighted by Gasteiger charge is 2.23. The number of hydrogen-bond donors (Lipinski definition) is 2. The van der Waals surface area contributed by atoms with E-state index in [1.54, 1.807) is 6.92 Å². The Labute approximate surface area is 119 Å². The van der Waals surface area contributed by atoms with Gasteiger partial charge in [-0.05, 0) is 44.1 Å². The van der Waals surface area contributed by atoms with Gasteiger partial charge in [-0.25, -0.2) is 0 Å². The van der Waals surface area contributed by atoms with Crippen LogP contribution in [-0.2, 0) is 11.3 Å². The molecule has 2 aliphatic heterocycles. The lowest BCUT2D eigenvalue weighted by Crippen LogP contribution is -2.34. The Morgan fingerprint density at radius 1 is 1.35 bits per heavy atom. The smallest absolute Gasteiger partial charge is 0.265 e. The lowest BCUT2D eigenvalue weighted by atomic mass is 10.1. The Bertz CT molecular complexity index is 496. The molecule has 0 bridgehead atoms. The minimum Gasteiger partial charge on any atom is -0.479 e. The molecule has 1 amide bonds. The van der Waals surface area contributed by atoms with E-state index in [-0.39, 0.29) is 5.91 Å². The number of ether oxygens (including phenoxy) is 1. The first-order chi connectivity index (χ1) is 9.72. The van der Waals surface area contributed by atoms with Crippen molar-refractivity contribution in [2.75, 3.05) is 31.5 Å². The summed E-state index contributed by atoms with van der Waals surface area (Å²) in [6, 6.07) is 6.06. The predicted molar refractivity (Wildman–Crippen MR) is 77.9 cm³/mol. The molecule has 0 radical (unpaired) electrons. The van der Waals surface area contributed by atoms with Crippen LogP contribution in [0.5, 0.6) is 5.75 Å². The summed E-state index contributed by atoms with van der Waals surface area (Å²) in [4.78, 5) is 14.1. The fraction of sp³-hybridized carbons (Fsp3) is 0.533. The van der Waals surface area contributed by atoms with Crippen molar-refractivity contribution in [1.82, 2.24) is 10.2 Å². The molecule has 1 fully saturated rings. The van der Waals surface area contributed by atoms with Crippen LogP contribution in [0.4, 0.5) is 5.69 Å². The summed E-state index contributed by atoms with van der Waals surface area (Å²) < 4.78 is 5.57. The molecule has 1 unspecified atom stereocenters. The highest BCUT2D eigenvalue weighted by atomic mass is 16.5. The number of rotatable bonds is 2. The van der Waals surface area contributed by atoms with E-state index in [9.17, 15) is 4.79 Å². The van der Waals surface area contributed by atoms with Gasteiger partial charge in [0.15, 0.2) is 6.10 Å². The molecule has 0 saturated carbocycles. The van der Waals surface area contributed by atoms with Gasteiger partial charge in [-0.2, -0.15) is 0 Å². The van der Waals surface area contributed by atoms with Gasteiger partial charge in [0.1, 0.15) is 5.75 Å². The van der Waals surface area contributed by atoms with E-state index in [4.69, 9.17) is 4.74 Å². The van der Waals surface area contributed by atoms with Gasteiger partial charge < -0.3 is 15.4 Å². The third-order valence-corrected chi connectivity index (χ3v) is 3.81. The number of carbonyl (C=O) groups excluding carboxylic acids is 1. The van der Waals surface area contributed by atoms with Gasteiger partial charge in [-0.3, -0.25) is 9.69 Å². The second-order valence-electron chi connectivity index (χ2n) is 5.46. The summed E-state index contributed by atoms with van der Waals surface area (Å²) in [6.45, 7) is 7.00. The SMILES string of the molecule is CC1Oc2ccc(CN3CCCNCC3)cc2NC1=O. The molecular formula is C15H21N3O2. The first kappa shape index (κ1) is 13.4. The number of anilines is 1. The largest absolute Gasteiger partial charge is 0.479 e. The maximum absolute atomic E-state index is 11.6. The van der Waals surface area contributed by atoms with Gasteiger partial charge in [0.05, 0.1) is 5.69 Å². The molecule has 1 saturated heterocycles. The summed E-state index contributed by atoms with van der Waals surface area (Å²) in [7, 11) is 0. The third kappa shape index (κ3) is 2.94. The summed E-state index contributed by atoms with van der Waals surface area (Å²) in [5, 5.41) is 6.31. The van der Waals surface area contributed by atoms with E-state index in [1.165, 1.54) is 12.0 Å². The minimum atomic E-state index is -0.412. The van der Waals surface area contributed by atoms with Crippen molar-refractivity contribution in [2.24, 2.45) is 0 Å². The Balaban J connectivity index is 1.72. The van der Waals surface area contributed by atoms with Crippen molar-refractivity contribution in [1.29, 1.82) is 0 Å². The van der Waals surface area contributed by atoms with Gasteiger partial charge in [0.25, 0.3) is 5.91 Å². The molecule has 2 aliphatic rings. The average molecular weight is 275 g/mol. The van der Waals surface area contributed by atoms with Crippen LogP contribution in [0.25, 0.3) is 0 Å². The molecule has 1 atom stereocenters. The van der Waals surface area contributed by atoms with E-state index in [1.807, 2.05) is 12.1 Å². The quantitative estimate of drug-likeness (QED) is 0.851. The predicted octanol–water partition coefficient (Wildman–Crippen LogP) is 1.20. The van der Waals surface area contributed by atoms with E-state index in [0.717, 1.165) is 44.2 Å². The molecule has 0 aliphatic carbocycles. The highest BCUT2D eigenvalue weighted by molar-refractivity contribution is 5.97. The van der Waals surface area contributed by atoms with Crippen molar-refractivity contribution in [3.8, 4) is 5.75 Å². The first-order valence-corrected chi connectivity index (χ1v) is 7.26. The monoisotopic (exact) mass is 275 g/mol. The van der Waals surface area contributed by atoms with E-state index >= 15 is 0 Å². The normalized spacial score (nSPS) is 23.4. The molecule has 108 valence electrons. The number of fused-ring (bicyclic) bond motifs is 1. The summed E-state index contributed by atoms with van der Waals surface area (Å²) >= 11 is 0. The Hall–Kier alpha value is -1.59. The number of benzene rings is 1. The van der Waals surface area contributed by atoms with Gasteiger partial charge >= 0.3 is 0 Å². The molecule has 2 heterocycles. The molecule has 1 aromatic carbocycles. The van der Waals surface area contributed by atoms with E-state index < -0.39 is 6.10 Å². The van der Waals surface area contributed by atoms with Crippen LogP contribution in [0.1, 0.15) is 18.9 Å². The van der Waals surface area contributed by atoms with Crippen LogP contribution in [0.15, 0.2) is 18.2 Å². The van der Waals surface area contributed by atoms with E-state index in [2.05, 4.69) is 21.6 Å². The topological polar surface area (TPSA) is 53.6 Å². The van der Waals surface area contributed by atoms with Gasteiger partial charge in [-0.15, -0.1) is 0 Å². The molecule has 0 aromatic heterocycles. The Kier molecular flexibility index (Phi) is 3.89. The van der Waals surface area contributed by atoms with Crippen molar-refractivity contribution in [3.63, 3.8) is 0 Å². The Morgan fingerprint density at radius 3 is 3.15 bits per heavy atom. The fourth-order valence-electron chi connectivity index (χ4n) is 2.67. The maximum Gasteiger partial charge on any atom is 0.265 e. The van der Waals surface area contributed by atoms with Crippen molar-refractivity contribution in [2.45, 2.75) is 26.0 Å². The van der Waals surface area contributed by atoms with Crippen LogP contribution in [-0.4, -0.2) is 43.1 Å². The molecule has 20 heavy (non-hydrogen) atoms. The lowest BCUT2D eigenvalue weighted by molar-refractivity contribution is -0.122. The first-order valence-electron chi connectivity index (χ1n) is 7.26. The Morgan fingerprint density at radius 2 is 2.25 bits per heavy atom. The van der Waals surface area contributed by atoms with Crippen molar-refractivity contribution < 1.29 is 9.53 Å². The molecule has 2 N–H and O–H groups in total. The standard InChI is InChI=1S/C15H21N3O2/c1-11-15(19)17-13-9-12(3-4-14(13)20-11)10-18-7-2-5-16-6-8-18/h3-4,9,11,16H,2,5-8,10H2,1H3,(H,17,19). The summed E-state index contributed by atoms with van der Waals surface area (Å²) in [6.07, 6.45) is 0.771. The number of carbonyl (C=O) groups is 1. The number of nitrogens with one attached hydrogen (secondary N) is 2. The van der Waals surface area contributed by atoms with E-state index in [0.29, 0.717) is 0 Å². The zero-order valence-electron chi connectivity index (χ0n) is 11.8. The summed E-state index contributed by atoms with van der Waals surface area (Å²) in [5.41, 5.74) is 2.00. The average Bonchev–Trinajstić information content (AvgIpc) is 2.69. The zero-order chi connectivity index (χ0) is 13.9. The summed E-state index contributed by atoms with van der Waals surface area (Å²) in [5.74, 6) is 0.687. The molecule has 1 aromatic rings. The number of hydrogen-bond acceptors (Lipinski definition) is 4. The third-order valence-electron chi connectivity index (χ3n) is 3.81. The highest BCUT2D eigenvalue weighted by Crippen LogP contribution is 2.30. The maximum atomic E-state index is 11.6. The molecule has 0 spiro atoms. The molecule has 5 heteroatoms. The van der Waals surface area contributed by atoms with Crippen LogP contribution >= 0.6 is 0 Å². The van der Waals surface area contributed by atoms with Crippen LogP contribution in [0, 0.1) is 0 Å². The molecule has 3 rings (SSSR count). The van der Waals surface area contributed by atoms with Gasteiger partial charge in [0, 0.05) is 19.6 Å². The van der Waals surface area contributed by atoms with Crippen molar-refractivity contribution in [3.05, 3.63) is 23.8 Å². The van der Waals surface area contributed by atoms with Gasteiger partial charge in [-0.1, -0.05) is 6.07 Å². The minimum absolute atomic E-state index is 0.0753.